The molecule has 1 aromatic heterocycles. The molecule has 4 atom stereocenters. The Balaban J connectivity index is 1.37. The Labute approximate surface area is 122 Å². The first-order valence-corrected chi connectivity index (χ1v) is 7.57. The zero-order valence-corrected chi connectivity index (χ0v) is 12.0. The van der Waals surface area contributed by atoms with E-state index in [0.29, 0.717) is 17.5 Å². The van der Waals surface area contributed by atoms with Crippen LogP contribution in [0.2, 0.25) is 0 Å². The molecule has 2 bridgehead atoms. The Bertz CT molecular complexity index is 581. The standard InChI is InChI=1S/C15H19N3O3/c1-21-11(19)7-18-6-10(5-16-18)17-15(20)14-12-8-2-3-9(4-8)13(12)14/h5-6,8-9,12-14H,2-4,7H2,1H3,(H,17,20). The van der Waals surface area contributed by atoms with Crippen molar-refractivity contribution in [2.75, 3.05) is 12.4 Å². The van der Waals surface area contributed by atoms with Crippen LogP contribution in [0.4, 0.5) is 5.69 Å². The van der Waals surface area contributed by atoms with Crippen molar-refractivity contribution in [3.05, 3.63) is 12.4 Å². The lowest BCUT2D eigenvalue weighted by atomic mass is 10.0. The molecule has 6 heteroatoms. The SMILES string of the molecule is COC(=O)Cn1cc(NC(=O)C2C3C4CCC(C4)C23)cn1. The van der Waals surface area contributed by atoms with Crippen molar-refractivity contribution in [1.82, 2.24) is 9.78 Å². The van der Waals surface area contributed by atoms with E-state index < -0.39 is 0 Å². The van der Waals surface area contributed by atoms with Gasteiger partial charge in [-0.15, -0.1) is 0 Å². The molecule has 0 saturated heterocycles. The number of nitrogens with one attached hydrogen (secondary N) is 1. The first kappa shape index (κ1) is 12.9. The molecular formula is C15H19N3O3. The molecule has 3 fully saturated rings. The maximum atomic E-state index is 12.4. The van der Waals surface area contributed by atoms with Crippen LogP contribution in [0.3, 0.4) is 0 Å². The molecule has 3 saturated carbocycles. The molecule has 4 unspecified atom stereocenters. The minimum absolute atomic E-state index is 0.0607. The van der Waals surface area contributed by atoms with Crippen LogP contribution >= 0.6 is 0 Å². The Kier molecular flexibility index (Phi) is 2.80. The van der Waals surface area contributed by atoms with Gasteiger partial charge in [0.15, 0.2) is 0 Å². The lowest BCUT2D eigenvalue weighted by molar-refractivity contribution is -0.141. The highest BCUT2D eigenvalue weighted by atomic mass is 16.5. The third kappa shape index (κ3) is 2.04. The van der Waals surface area contributed by atoms with Gasteiger partial charge in [-0.2, -0.15) is 5.10 Å². The fourth-order valence-corrected chi connectivity index (χ4v) is 4.61. The van der Waals surface area contributed by atoms with Gasteiger partial charge >= 0.3 is 5.97 Å². The topological polar surface area (TPSA) is 73.2 Å². The number of aromatic nitrogens is 2. The number of nitrogens with zero attached hydrogens (tertiary/aromatic N) is 2. The van der Waals surface area contributed by atoms with E-state index in [0.717, 1.165) is 11.8 Å². The molecule has 4 rings (SSSR count). The minimum atomic E-state index is -0.357. The average Bonchev–Trinajstić information content (AvgIpc) is 2.81. The number of anilines is 1. The lowest BCUT2D eigenvalue weighted by Gasteiger charge is -2.08. The summed E-state index contributed by atoms with van der Waals surface area (Å²) in [5.74, 6) is 2.82. The zero-order valence-electron chi connectivity index (χ0n) is 12.0. The van der Waals surface area contributed by atoms with Crippen molar-refractivity contribution >= 4 is 17.6 Å². The van der Waals surface area contributed by atoms with Gasteiger partial charge in [-0.25, -0.2) is 0 Å². The lowest BCUT2D eigenvalue weighted by Crippen LogP contribution is -2.18. The maximum absolute atomic E-state index is 12.4. The van der Waals surface area contributed by atoms with E-state index in [9.17, 15) is 9.59 Å². The number of rotatable bonds is 4. The van der Waals surface area contributed by atoms with Crippen LogP contribution in [-0.4, -0.2) is 28.8 Å². The van der Waals surface area contributed by atoms with Gasteiger partial charge in [-0.05, 0) is 42.9 Å². The van der Waals surface area contributed by atoms with E-state index in [1.807, 2.05) is 0 Å². The first-order chi connectivity index (χ1) is 10.2. The monoisotopic (exact) mass is 289 g/mol. The normalized spacial score (nSPS) is 35.4. The Hall–Kier alpha value is -1.85. The van der Waals surface area contributed by atoms with Gasteiger partial charge < -0.3 is 10.1 Å². The molecule has 1 amide bonds. The Morgan fingerprint density at radius 1 is 1.38 bits per heavy atom. The van der Waals surface area contributed by atoms with Crippen molar-refractivity contribution in [1.29, 1.82) is 0 Å². The number of fused-ring (bicyclic) bond motifs is 5. The number of esters is 1. The van der Waals surface area contributed by atoms with Crippen LogP contribution in [0.1, 0.15) is 19.3 Å². The fourth-order valence-electron chi connectivity index (χ4n) is 4.61. The highest BCUT2D eigenvalue weighted by molar-refractivity contribution is 5.95. The van der Waals surface area contributed by atoms with Crippen LogP contribution < -0.4 is 5.32 Å². The smallest absolute Gasteiger partial charge is 0.327 e. The van der Waals surface area contributed by atoms with Gasteiger partial charge in [-0.3, -0.25) is 14.3 Å². The number of hydrogen-bond donors (Lipinski definition) is 1. The summed E-state index contributed by atoms with van der Waals surface area (Å²) in [7, 11) is 1.34. The molecule has 0 aliphatic heterocycles. The van der Waals surface area contributed by atoms with Crippen molar-refractivity contribution in [2.24, 2.45) is 29.6 Å². The minimum Gasteiger partial charge on any atom is -0.468 e. The maximum Gasteiger partial charge on any atom is 0.327 e. The molecule has 0 aromatic carbocycles. The van der Waals surface area contributed by atoms with Crippen molar-refractivity contribution < 1.29 is 14.3 Å². The first-order valence-electron chi connectivity index (χ1n) is 7.57. The summed E-state index contributed by atoms with van der Waals surface area (Å²) >= 11 is 0. The summed E-state index contributed by atoms with van der Waals surface area (Å²) in [6.45, 7) is 0.0607. The molecule has 112 valence electrons. The van der Waals surface area contributed by atoms with Gasteiger partial charge in [0.2, 0.25) is 5.91 Å². The number of hydrogen-bond acceptors (Lipinski definition) is 4. The third-order valence-corrected chi connectivity index (χ3v) is 5.46. The van der Waals surface area contributed by atoms with Gasteiger partial charge in [0, 0.05) is 12.1 Å². The molecule has 3 aliphatic rings. The zero-order chi connectivity index (χ0) is 14.6. The van der Waals surface area contributed by atoms with E-state index in [1.54, 1.807) is 12.4 Å². The van der Waals surface area contributed by atoms with Gasteiger partial charge in [0.1, 0.15) is 6.54 Å². The highest BCUT2D eigenvalue weighted by Gasteiger charge is 2.67. The number of methoxy groups -OCH3 is 1. The van der Waals surface area contributed by atoms with Crippen LogP contribution in [0.15, 0.2) is 12.4 Å². The quantitative estimate of drug-likeness (QED) is 0.848. The highest BCUT2D eigenvalue weighted by Crippen LogP contribution is 2.69. The van der Waals surface area contributed by atoms with Gasteiger partial charge in [0.05, 0.1) is 19.0 Å². The molecule has 6 nitrogen and oxygen atoms in total. The van der Waals surface area contributed by atoms with Crippen LogP contribution in [0, 0.1) is 29.6 Å². The second-order valence-corrected chi connectivity index (χ2v) is 6.51. The molecule has 0 radical (unpaired) electrons. The number of carbonyl (C=O) groups is 2. The van der Waals surface area contributed by atoms with E-state index in [4.69, 9.17) is 0 Å². The molecule has 3 aliphatic carbocycles. The largest absolute Gasteiger partial charge is 0.468 e. The predicted molar refractivity (Wildman–Crippen MR) is 74.2 cm³/mol. The summed E-state index contributed by atoms with van der Waals surface area (Å²) in [5.41, 5.74) is 0.654. The molecule has 1 heterocycles. The molecule has 1 aromatic rings. The second-order valence-electron chi connectivity index (χ2n) is 6.51. The van der Waals surface area contributed by atoms with Crippen molar-refractivity contribution in [3.8, 4) is 0 Å². The average molecular weight is 289 g/mol. The van der Waals surface area contributed by atoms with Gasteiger partial charge in [-0.1, -0.05) is 0 Å². The number of carbonyl (C=O) groups excluding carboxylic acids is 2. The molecule has 21 heavy (non-hydrogen) atoms. The second kappa shape index (κ2) is 4.58. The molecule has 1 N–H and O–H groups in total. The van der Waals surface area contributed by atoms with E-state index in [-0.39, 0.29) is 24.3 Å². The van der Waals surface area contributed by atoms with Crippen LogP contribution in [-0.2, 0) is 20.9 Å². The van der Waals surface area contributed by atoms with E-state index in [2.05, 4.69) is 15.2 Å². The van der Waals surface area contributed by atoms with Crippen molar-refractivity contribution in [3.63, 3.8) is 0 Å². The summed E-state index contributed by atoms with van der Waals surface area (Å²) in [6.07, 6.45) is 7.21. The van der Waals surface area contributed by atoms with Crippen LogP contribution in [0.25, 0.3) is 0 Å². The summed E-state index contributed by atoms with van der Waals surface area (Å²) in [6, 6.07) is 0. The number of amides is 1. The van der Waals surface area contributed by atoms with E-state index in [1.165, 1.54) is 31.1 Å². The van der Waals surface area contributed by atoms with E-state index >= 15 is 0 Å². The van der Waals surface area contributed by atoms with Gasteiger partial charge in [0.25, 0.3) is 0 Å². The fraction of sp³-hybridized carbons (Fsp3) is 0.667. The summed E-state index contributed by atoms with van der Waals surface area (Å²) in [5, 5.41) is 6.99. The molecular weight excluding hydrogens is 270 g/mol. The van der Waals surface area contributed by atoms with Crippen molar-refractivity contribution in [2.45, 2.75) is 25.8 Å². The third-order valence-electron chi connectivity index (χ3n) is 5.46. The number of ether oxygens (including phenoxy) is 1. The predicted octanol–water partition coefficient (Wildman–Crippen LogP) is 1.29. The Morgan fingerprint density at radius 2 is 2.10 bits per heavy atom. The Morgan fingerprint density at radius 3 is 2.76 bits per heavy atom. The summed E-state index contributed by atoms with van der Waals surface area (Å²) < 4.78 is 6.06. The molecule has 0 spiro atoms. The summed E-state index contributed by atoms with van der Waals surface area (Å²) in [4.78, 5) is 23.5. The van der Waals surface area contributed by atoms with Crippen LogP contribution in [0.5, 0.6) is 0 Å².